The Labute approximate surface area is 134 Å². The molecular weight excluding hydrogens is 272 g/mol. The molecule has 0 heterocycles. The average Bonchev–Trinajstić information content (AvgIpc) is 2.56. The van der Waals surface area contributed by atoms with Gasteiger partial charge in [-0.05, 0) is 38.8 Å². The molecule has 2 unspecified atom stereocenters. The van der Waals surface area contributed by atoms with E-state index < -0.39 is 11.2 Å². The van der Waals surface area contributed by atoms with Crippen LogP contribution in [0.5, 0.6) is 0 Å². The normalized spacial score (nSPS) is 16.7. The molecule has 0 fully saturated rings. The zero-order valence-electron chi connectivity index (χ0n) is 14.0. The number of rotatable bonds is 7. The minimum absolute atomic E-state index is 0.569. The maximum Gasteiger partial charge on any atom is 0.123 e. The Kier molecular flexibility index (Phi) is 5.38. The van der Waals surface area contributed by atoms with Crippen LogP contribution in [0.4, 0.5) is 0 Å². The summed E-state index contributed by atoms with van der Waals surface area (Å²) >= 11 is 0. The smallest absolute Gasteiger partial charge is 0.123 e. The van der Waals surface area contributed by atoms with Crippen molar-refractivity contribution in [3.63, 3.8) is 0 Å². The summed E-state index contributed by atoms with van der Waals surface area (Å²) in [5.41, 5.74) is 1.11. The summed E-state index contributed by atoms with van der Waals surface area (Å²) in [5.74, 6) is 0. The van der Waals surface area contributed by atoms with Gasteiger partial charge in [0.1, 0.15) is 11.2 Å². The Hall–Kier alpha value is -1.64. The van der Waals surface area contributed by atoms with Crippen LogP contribution in [0.25, 0.3) is 0 Å². The number of ether oxygens (including phenoxy) is 2. The van der Waals surface area contributed by atoms with Crippen LogP contribution in [0.1, 0.15) is 38.8 Å². The molecule has 0 radical (unpaired) electrons. The van der Waals surface area contributed by atoms with E-state index in [0.717, 1.165) is 11.1 Å². The average molecular weight is 298 g/mol. The molecule has 22 heavy (non-hydrogen) atoms. The summed E-state index contributed by atoms with van der Waals surface area (Å²) in [6.45, 7) is 9.54. The lowest BCUT2D eigenvalue weighted by molar-refractivity contribution is -0.203. The summed E-state index contributed by atoms with van der Waals surface area (Å²) in [6, 6.07) is 20.7. The van der Waals surface area contributed by atoms with Crippen LogP contribution < -0.4 is 0 Å². The summed E-state index contributed by atoms with van der Waals surface area (Å²) in [7, 11) is 0. The molecule has 0 aromatic heterocycles. The van der Waals surface area contributed by atoms with Crippen molar-refractivity contribution >= 4 is 0 Å². The Bertz CT molecular complexity index is 513. The number of benzene rings is 2. The largest absolute Gasteiger partial charge is 0.367 e. The third-order valence-corrected chi connectivity index (χ3v) is 4.43. The van der Waals surface area contributed by atoms with Crippen LogP contribution in [0.3, 0.4) is 0 Å². The standard InChI is InChI=1S/C20H26O2/c1-5-21-19(3,17-13-9-7-10-14-17)20(4,22-6-2)18-15-11-8-12-16-18/h7-16H,5-6H2,1-4H3. The molecule has 0 spiro atoms. The topological polar surface area (TPSA) is 18.5 Å². The van der Waals surface area contributed by atoms with Crippen LogP contribution in [0.2, 0.25) is 0 Å². The van der Waals surface area contributed by atoms with Crippen molar-refractivity contribution in [3.8, 4) is 0 Å². The summed E-state index contributed by atoms with van der Waals surface area (Å²) in [4.78, 5) is 0. The van der Waals surface area contributed by atoms with Gasteiger partial charge >= 0.3 is 0 Å². The zero-order chi connectivity index (χ0) is 16.1. The van der Waals surface area contributed by atoms with Gasteiger partial charge < -0.3 is 9.47 Å². The van der Waals surface area contributed by atoms with Crippen molar-refractivity contribution in [2.24, 2.45) is 0 Å². The second kappa shape index (κ2) is 7.08. The highest BCUT2D eigenvalue weighted by Crippen LogP contribution is 2.46. The molecule has 0 N–H and O–H groups in total. The van der Waals surface area contributed by atoms with Crippen molar-refractivity contribution in [2.75, 3.05) is 13.2 Å². The van der Waals surface area contributed by atoms with Gasteiger partial charge in [0.2, 0.25) is 0 Å². The number of hydrogen-bond acceptors (Lipinski definition) is 2. The minimum atomic E-state index is -0.569. The predicted octanol–water partition coefficient (Wildman–Crippen LogP) is 4.89. The molecule has 2 nitrogen and oxygen atoms in total. The molecule has 0 aliphatic heterocycles. The van der Waals surface area contributed by atoms with Crippen LogP contribution in [-0.4, -0.2) is 13.2 Å². The van der Waals surface area contributed by atoms with Gasteiger partial charge in [-0.1, -0.05) is 60.7 Å². The van der Waals surface area contributed by atoms with E-state index in [1.165, 1.54) is 0 Å². The minimum Gasteiger partial charge on any atom is -0.367 e. The van der Waals surface area contributed by atoms with Crippen molar-refractivity contribution in [3.05, 3.63) is 71.8 Å². The van der Waals surface area contributed by atoms with E-state index >= 15 is 0 Å². The van der Waals surface area contributed by atoms with E-state index in [2.05, 4.69) is 38.1 Å². The lowest BCUT2D eigenvalue weighted by Crippen LogP contribution is -2.49. The second-order valence-electron chi connectivity index (χ2n) is 5.66. The maximum atomic E-state index is 6.26. The summed E-state index contributed by atoms with van der Waals surface area (Å²) in [6.07, 6.45) is 0. The summed E-state index contributed by atoms with van der Waals surface area (Å²) < 4.78 is 12.5. The molecule has 2 aromatic carbocycles. The molecular formula is C20H26O2. The van der Waals surface area contributed by atoms with Crippen molar-refractivity contribution in [2.45, 2.75) is 38.9 Å². The van der Waals surface area contributed by atoms with Gasteiger partial charge in [0.05, 0.1) is 0 Å². The van der Waals surface area contributed by atoms with E-state index in [0.29, 0.717) is 13.2 Å². The molecule has 0 aliphatic rings. The van der Waals surface area contributed by atoms with Crippen LogP contribution in [0.15, 0.2) is 60.7 Å². The van der Waals surface area contributed by atoms with Crippen molar-refractivity contribution in [1.29, 1.82) is 0 Å². The van der Waals surface area contributed by atoms with Gasteiger partial charge in [-0.25, -0.2) is 0 Å². The fraction of sp³-hybridized carbons (Fsp3) is 0.400. The fourth-order valence-corrected chi connectivity index (χ4v) is 3.08. The fourth-order valence-electron chi connectivity index (χ4n) is 3.08. The van der Waals surface area contributed by atoms with Crippen LogP contribution in [0, 0.1) is 0 Å². The van der Waals surface area contributed by atoms with Gasteiger partial charge in [-0.2, -0.15) is 0 Å². The Morgan fingerprint density at radius 1 is 0.636 bits per heavy atom. The first-order chi connectivity index (χ1) is 10.6. The first kappa shape index (κ1) is 16.7. The van der Waals surface area contributed by atoms with E-state index in [1.807, 2.05) is 50.2 Å². The van der Waals surface area contributed by atoms with E-state index in [4.69, 9.17) is 9.47 Å². The van der Waals surface area contributed by atoms with Crippen molar-refractivity contribution in [1.82, 2.24) is 0 Å². The molecule has 2 atom stereocenters. The van der Waals surface area contributed by atoms with Crippen LogP contribution >= 0.6 is 0 Å². The third-order valence-electron chi connectivity index (χ3n) is 4.43. The van der Waals surface area contributed by atoms with E-state index in [9.17, 15) is 0 Å². The zero-order valence-corrected chi connectivity index (χ0v) is 14.0. The first-order valence-electron chi connectivity index (χ1n) is 7.97. The van der Waals surface area contributed by atoms with Crippen molar-refractivity contribution < 1.29 is 9.47 Å². The lowest BCUT2D eigenvalue weighted by atomic mass is 9.75. The predicted molar refractivity (Wildman–Crippen MR) is 90.8 cm³/mol. The second-order valence-corrected chi connectivity index (χ2v) is 5.66. The molecule has 2 rings (SSSR count). The SMILES string of the molecule is CCOC(C)(c1ccccc1)C(C)(OCC)c1ccccc1. The Balaban J connectivity index is 2.60. The molecule has 0 bridgehead atoms. The monoisotopic (exact) mass is 298 g/mol. The highest BCUT2D eigenvalue weighted by molar-refractivity contribution is 5.33. The van der Waals surface area contributed by atoms with Gasteiger partial charge in [-0.15, -0.1) is 0 Å². The third kappa shape index (κ3) is 2.94. The van der Waals surface area contributed by atoms with E-state index in [-0.39, 0.29) is 0 Å². The van der Waals surface area contributed by atoms with Gasteiger partial charge in [0.15, 0.2) is 0 Å². The molecule has 0 saturated heterocycles. The quantitative estimate of drug-likeness (QED) is 0.724. The molecule has 0 saturated carbocycles. The maximum absolute atomic E-state index is 6.26. The molecule has 2 aromatic rings. The molecule has 0 aliphatic carbocycles. The van der Waals surface area contributed by atoms with E-state index in [1.54, 1.807) is 0 Å². The van der Waals surface area contributed by atoms with Gasteiger partial charge in [-0.3, -0.25) is 0 Å². The Morgan fingerprint density at radius 2 is 0.955 bits per heavy atom. The first-order valence-corrected chi connectivity index (χ1v) is 7.97. The highest BCUT2D eigenvalue weighted by atomic mass is 16.6. The van der Waals surface area contributed by atoms with Crippen LogP contribution in [-0.2, 0) is 20.7 Å². The lowest BCUT2D eigenvalue weighted by Gasteiger charge is -2.46. The molecule has 118 valence electrons. The Morgan fingerprint density at radius 3 is 1.23 bits per heavy atom. The van der Waals surface area contributed by atoms with Gasteiger partial charge in [0, 0.05) is 13.2 Å². The molecule has 0 amide bonds. The summed E-state index contributed by atoms with van der Waals surface area (Å²) in [5, 5.41) is 0. The highest BCUT2D eigenvalue weighted by Gasteiger charge is 2.49. The number of hydrogen-bond donors (Lipinski definition) is 0. The molecule has 2 heteroatoms. The van der Waals surface area contributed by atoms with Gasteiger partial charge in [0.25, 0.3) is 0 Å².